The molecule has 1 rings (SSSR count). The molecule has 0 saturated carbocycles. The number of benzene rings is 1. The van der Waals surface area contributed by atoms with Crippen LogP contribution in [0.2, 0.25) is 0 Å². The van der Waals surface area contributed by atoms with Crippen LogP contribution >= 0.6 is 0 Å². The molecular weight excluding hydrogens is 200 g/mol. The van der Waals surface area contributed by atoms with Crippen LogP contribution in [0.1, 0.15) is 0 Å². The predicted molar refractivity (Wildman–Crippen MR) is 56.9 cm³/mol. The third-order valence-electron chi connectivity index (χ3n) is 1.67. The third-order valence-corrected chi connectivity index (χ3v) is 1.67. The summed E-state index contributed by atoms with van der Waals surface area (Å²) in [4.78, 5) is 10.1. The molecule has 0 saturated heterocycles. The standard InChI is InChI=1S/C7H10N6O2/c8-5-1-2-6(12(10)4-11-9)7(3-5)13(14)15/h1-4H,8-10H2/b11-4-. The summed E-state index contributed by atoms with van der Waals surface area (Å²) in [5, 5.41) is 14.8. The topological polar surface area (TPSA) is 137 Å². The number of hydrogen-bond acceptors (Lipinski definition) is 6. The van der Waals surface area contributed by atoms with Gasteiger partial charge in [-0.3, -0.25) is 15.1 Å². The van der Waals surface area contributed by atoms with Gasteiger partial charge < -0.3 is 11.6 Å². The van der Waals surface area contributed by atoms with E-state index in [0.717, 1.165) is 11.3 Å². The lowest BCUT2D eigenvalue weighted by molar-refractivity contribution is -0.384. The second-order valence-electron chi connectivity index (χ2n) is 2.68. The van der Waals surface area contributed by atoms with Gasteiger partial charge in [0.05, 0.1) is 4.92 Å². The molecule has 1 aromatic rings. The van der Waals surface area contributed by atoms with Crippen molar-refractivity contribution in [3.63, 3.8) is 0 Å². The molecule has 0 unspecified atom stereocenters. The van der Waals surface area contributed by atoms with Crippen LogP contribution in [0.5, 0.6) is 0 Å². The summed E-state index contributed by atoms with van der Waals surface area (Å²) >= 11 is 0. The number of nitro groups is 1. The van der Waals surface area contributed by atoms with Crippen molar-refractivity contribution >= 4 is 23.4 Å². The Morgan fingerprint density at radius 3 is 2.73 bits per heavy atom. The lowest BCUT2D eigenvalue weighted by Crippen LogP contribution is -2.30. The van der Waals surface area contributed by atoms with Crippen LogP contribution in [0.15, 0.2) is 23.3 Å². The van der Waals surface area contributed by atoms with E-state index in [0.29, 0.717) is 0 Å². The molecule has 0 aliphatic rings. The minimum Gasteiger partial charge on any atom is -0.399 e. The highest BCUT2D eigenvalue weighted by atomic mass is 16.6. The number of nitrogen functional groups attached to an aromatic ring is 1. The molecule has 8 nitrogen and oxygen atoms in total. The maximum Gasteiger partial charge on any atom is 0.296 e. The Hall–Kier alpha value is -2.35. The zero-order valence-corrected chi connectivity index (χ0v) is 7.70. The van der Waals surface area contributed by atoms with Crippen LogP contribution in [0.4, 0.5) is 17.1 Å². The van der Waals surface area contributed by atoms with Gasteiger partial charge in [0.1, 0.15) is 12.0 Å². The average molecular weight is 210 g/mol. The highest BCUT2D eigenvalue weighted by molar-refractivity contribution is 5.83. The molecule has 80 valence electrons. The van der Waals surface area contributed by atoms with Gasteiger partial charge in [0.25, 0.3) is 5.69 Å². The number of nitrogens with zero attached hydrogens (tertiary/aromatic N) is 3. The summed E-state index contributed by atoms with van der Waals surface area (Å²) in [5.74, 6) is 10.3. The average Bonchev–Trinajstić information content (AvgIpc) is 2.17. The van der Waals surface area contributed by atoms with Crippen LogP contribution in [-0.2, 0) is 0 Å². The highest BCUT2D eigenvalue weighted by Gasteiger charge is 2.16. The van der Waals surface area contributed by atoms with Gasteiger partial charge in [-0.1, -0.05) is 0 Å². The molecule has 0 heterocycles. The molecule has 15 heavy (non-hydrogen) atoms. The van der Waals surface area contributed by atoms with Gasteiger partial charge in [-0.05, 0) is 12.1 Å². The van der Waals surface area contributed by atoms with E-state index in [4.69, 9.17) is 17.4 Å². The largest absolute Gasteiger partial charge is 0.399 e. The van der Waals surface area contributed by atoms with Crippen molar-refractivity contribution < 1.29 is 4.92 Å². The van der Waals surface area contributed by atoms with Crippen molar-refractivity contribution in [2.75, 3.05) is 10.7 Å². The molecular formula is C7H10N6O2. The predicted octanol–water partition coefficient (Wildman–Crippen LogP) is -0.241. The van der Waals surface area contributed by atoms with E-state index in [9.17, 15) is 10.1 Å². The van der Waals surface area contributed by atoms with Crippen LogP contribution in [-0.4, -0.2) is 11.3 Å². The Kier molecular flexibility index (Phi) is 3.03. The molecule has 0 aliphatic carbocycles. The summed E-state index contributed by atoms with van der Waals surface area (Å²) in [6, 6.07) is 4.11. The number of anilines is 2. The first-order valence-corrected chi connectivity index (χ1v) is 3.87. The van der Waals surface area contributed by atoms with Crippen LogP contribution in [0.25, 0.3) is 0 Å². The number of nitrogens with two attached hydrogens (primary N) is 3. The summed E-state index contributed by atoms with van der Waals surface area (Å²) < 4.78 is 0. The van der Waals surface area contributed by atoms with Gasteiger partial charge in [0.2, 0.25) is 0 Å². The van der Waals surface area contributed by atoms with E-state index >= 15 is 0 Å². The van der Waals surface area contributed by atoms with E-state index < -0.39 is 4.92 Å². The Bertz CT molecular complexity index is 404. The summed E-state index contributed by atoms with van der Waals surface area (Å²) in [6.07, 6.45) is 1.05. The van der Waals surface area contributed by atoms with Crippen molar-refractivity contribution in [3.05, 3.63) is 28.3 Å². The quantitative estimate of drug-likeness (QED) is 0.157. The van der Waals surface area contributed by atoms with Crippen LogP contribution in [0.3, 0.4) is 0 Å². The number of hydrazone groups is 1. The summed E-state index contributed by atoms with van der Waals surface area (Å²) in [5.41, 5.74) is 5.64. The first kappa shape index (κ1) is 10.7. The molecule has 0 fully saturated rings. The summed E-state index contributed by atoms with van der Waals surface area (Å²) in [7, 11) is 0. The number of rotatable bonds is 3. The fourth-order valence-corrected chi connectivity index (χ4v) is 1.04. The lowest BCUT2D eigenvalue weighted by atomic mass is 10.2. The Balaban J connectivity index is 3.22. The number of nitro benzene ring substituents is 1. The zero-order chi connectivity index (χ0) is 11.4. The number of hydrazine groups is 1. The van der Waals surface area contributed by atoms with E-state index in [2.05, 4.69) is 5.10 Å². The Morgan fingerprint density at radius 1 is 1.53 bits per heavy atom. The van der Waals surface area contributed by atoms with Gasteiger partial charge >= 0.3 is 0 Å². The lowest BCUT2D eigenvalue weighted by Gasteiger charge is -2.12. The van der Waals surface area contributed by atoms with Crippen LogP contribution in [0, 0.1) is 10.1 Å². The van der Waals surface area contributed by atoms with Gasteiger partial charge in [0.15, 0.2) is 0 Å². The molecule has 0 aromatic heterocycles. The van der Waals surface area contributed by atoms with Crippen molar-refractivity contribution in [1.82, 2.24) is 0 Å². The molecule has 0 atom stereocenters. The van der Waals surface area contributed by atoms with E-state index in [1.165, 1.54) is 18.2 Å². The molecule has 1 aromatic carbocycles. The monoisotopic (exact) mass is 210 g/mol. The Morgan fingerprint density at radius 2 is 2.20 bits per heavy atom. The minimum absolute atomic E-state index is 0.156. The van der Waals surface area contributed by atoms with Crippen LogP contribution < -0.4 is 22.4 Å². The first-order valence-electron chi connectivity index (χ1n) is 3.87. The minimum atomic E-state index is -0.587. The highest BCUT2D eigenvalue weighted by Crippen LogP contribution is 2.27. The molecule has 0 radical (unpaired) electrons. The molecule has 8 heteroatoms. The Labute approximate surface area is 85.1 Å². The van der Waals surface area contributed by atoms with E-state index in [1.54, 1.807) is 0 Å². The van der Waals surface area contributed by atoms with Crippen molar-refractivity contribution in [2.45, 2.75) is 0 Å². The number of hydrogen-bond donors (Lipinski definition) is 3. The SMILES string of the molecule is N/N=C\N(N)c1ccc(N)cc1[N+](=O)[O-]. The normalized spacial score (nSPS) is 10.5. The molecule has 0 spiro atoms. The fourth-order valence-electron chi connectivity index (χ4n) is 1.04. The second kappa shape index (κ2) is 4.24. The second-order valence-corrected chi connectivity index (χ2v) is 2.68. The van der Waals surface area contributed by atoms with Crippen molar-refractivity contribution in [2.24, 2.45) is 16.8 Å². The molecule has 0 bridgehead atoms. The van der Waals surface area contributed by atoms with Gasteiger partial charge in [-0.2, -0.15) is 5.10 Å². The molecule has 6 N–H and O–H groups in total. The van der Waals surface area contributed by atoms with Gasteiger partial charge in [0, 0.05) is 11.8 Å². The fraction of sp³-hybridized carbons (Fsp3) is 0. The van der Waals surface area contributed by atoms with Crippen molar-refractivity contribution in [3.8, 4) is 0 Å². The maximum absolute atomic E-state index is 10.7. The van der Waals surface area contributed by atoms with E-state index in [-0.39, 0.29) is 17.1 Å². The molecule has 0 amide bonds. The first-order chi connectivity index (χ1) is 7.06. The smallest absolute Gasteiger partial charge is 0.296 e. The third kappa shape index (κ3) is 2.31. The van der Waals surface area contributed by atoms with Crippen molar-refractivity contribution in [1.29, 1.82) is 0 Å². The van der Waals surface area contributed by atoms with Gasteiger partial charge in [-0.15, -0.1) is 0 Å². The summed E-state index contributed by atoms with van der Waals surface area (Å²) in [6.45, 7) is 0. The van der Waals surface area contributed by atoms with E-state index in [1.807, 2.05) is 0 Å². The van der Waals surface area contributed by atoms with Gasteiger partial charge in [-0.25, -0.2) is 5.84 Å². The maximum atomic E-state index is 10.7. The zero-order valence-electron chi connectivity index (χ0n) is 7.70. The molecule has 0 aliphatic heterocycles.